The maximum absolute atomic E-state index is 2.46. The van der Waals surface area contributed by atoms with Gasteiger partial charge in [0.05, 0.1) is 0 Å². The third kappa shape index (κ3) is 4.04. The second-order valence-corrected chi connectivity index (χ2v) is 15.3. The first-order valence-corrected chi connectivity index (χ1v) is 18.7. The Morgan fingerprint density at radius 2 is 0.820 bits per heavy atom. The van der Waals surface area contributed by atoms with E-state index in [1.165, 1.54) is 106 Å². The number of thiophene rings is 2. The predicted molar refractivity (Wildman–Crippen MR) is 221 cm³/mol. The summed E-state index contributed by atoms with van der Waals surface area (Å²) in [5, 5.41) is 13.1. The normalized spacial score (nSPS) is 12.0. The standard InChI is InChI=1S/C48H28S2/c1-2-17-32-29(13-1)14-12-24-33(32)45-36-20-5-3-18-34(36)44(35-19-4-6-21-37(35)45)31-16-11-15-30(27-31)40-28-43-46(38-22-7-9-25-41(38)49-43)47-39-23-8-10-26-42(39)50-48(40)47/h1-28H. The highest BCUT2D eigenvalue weighted by molar-refractivity contribution is 7.28. The van der Waals surface area contributed by atoms with Gasteiger partial charge in [0, 0.05) is 45.9 Å². The Morgan fingerprint density at radius 3 is 1.54 bits per heavy atom. The molecule has 0 amide bonds. The summed E-state index contributed by atoms with van der Waals surface area (Å²) in [5.74, 6) is 0. The van der Waals surface area contributed by atoms with Gasteiger partial charge in [0.25, 0.3) is 0 Å². The summed E-state index contributed by atoms with van der Waals surface area (Å²) in [4.78, 5) is 0. The molecule has 0 aliphatic rings. The fraction of sp³-hybridized carbons (Fsp3) is 0. The first kappa shape index (κ1) is 28.1. The van der Waals surface area contributed by atoms with E-state index >= 15 is 0 Å². The first-order valence-electron chi connectivity index (χ1n) is 17.1. The van der Waals surface area contributed by atoms with Crippen LogP contribution in [0, 0.1) is 0 Å². The van der Waals surface area contributed by atoms with Crippen molar-refractivity contribution >= 4 is 95.3 Å². The SMILES string of the molecule is c1cc(-c2c3ccccc3c(-c3cccc4ccccc34)c3ccccc23)cc(-c2cc3sc4ccccc4c3c3c2sc2ccccc23)c1. The van der Waals surface area contributed by atoms with Crippen LogP contribution < -0.4 is 0 Å². The van der Waals surface area contributed by atoms with Gasteiger partial charge in [-0.05, 0) is 84.4 Å². The third-order valence-corrected chi connectivity index (χ3v) is 12.8. The number of hydrogen-bond acceptors (Lipinski definition) is 2. The zero-order valence-electron chi connectivity index (χ0n) is 27.0. The average molecular weight is 669 g/mol. The zero-order valence-corrected chi connectivity index (χ0v) is 28.6. The fourth-order valence-electron chi connectivity index (χ4n) is 8.33. The monoisotopic (exact) mass is 668 g/mol. The van der Waals surface area contributed by atoms with Gasteiger partial charge in [-0.1, -0.05) is 146 Å². The van der Waals surface area contributed by atoms with Crippen molar-refractivity contribution < 1.29 is 0 Å². The Morgan fingerprint density at radius 1 is 0.300 bits per heavy atom. The molecule has 2 heteroatoms. The number of benzene rings is 9. The summed E-state index contributed by atoms with van der Waals surface area (Å²) in [7, 11) is 0. The predicted octanol–water partition coefficient (Wildman–Crippen LogP) is 14.9. The Labute approximate surface area is 297 Å². The molecule has 11 rings (SSSR count). The van der Waals surface area contributed by atoms with Crippen molar-refractivity contribution in [2.24, 2.45) is 0 Å². The van der Waals surface area contributed by atoms with Crippen molar-refractivity contribution in [2.45, 2.75) is 0 Å². The summed E-state index contributed by atoms with van der Waals surface area (Å²) in [6.07, 6.45) is 0. The molecule has 0 bridgehead atoms. The van der Waals surface area contributed by atoms with Crippen LogP contribution in [-0.2, 0) is 0 Å². The number of fused-ring (bicyclic) bond motifs is 10. The molecule has 0 saturated heterocycles. The van der Waals surface area contributed by atoms with Crippen molar-refractivity contribution in [3.63, 3.8) is 0 Å². The van der Waals surface area contributed by atoms with E-state index in [2.05, 4.69) is 170 Å². The molecule has 2 heterocycles. The van der Waals surface area contributed by atoms with Gasteiger partial charge >= 0.3 is 0 Å². The molecular formula is C48H28S2. The molecule has 0 unspecified atom stereocenters. The van der Waals surface area contributed by atoms with Gasteiger partial charge in [-0.3, -0.25) is 0 Å². The topological polar surface area (TPSA) is 0 Å². The molecule has 0 spiro atoms. The summed E-state index contributed by atoms with van der Waals surface area (Å²) < 4.78 is 5.39. The van der Waals surface area contributed by atoms with E-state index in [0.717, 1.165) is 0 Å². The van der Waals surface area contributed by atoms with Gasteiger partial charge in [-0.2, -0.15) is 0 Å². The molecule has 2 aromatic heterocycles. The molecule has 0 fully saturated rings. The van der Waals surface area contributed by atoms with Crippen LogP contribution in [0.15, 0.2) is 170 Å². The highest BCUT2D eigenvalue weighted by atomic mass is 32.1. The largest absolute Gasteiger partial charge is 0.135 e. The first-order chi connectivity index (χ1) is 24.8. The van der Waals surface area contributed by atoms with Gasteiger partial charge in [-0.25, -0.2) is 0 Å². The van der Waals surface area contributed by atoms with Gasteiger partial charge < -0.3 is 0 Å². The van der Waals surface area contributed by atoms with Gasteiger partial charge in [-0.15, -0.1) is 22.7 Å². The van der Waals surface area contributed by atoms with E-state index in [1.54, 1.807) is 0 Å². The molecule has 232 valence electrons. The Balaban J connectivity index is 1.21. The molecule has 50 heavy (non-hydrogen) atoms. The van der Waals surface area contributed by atoms with E-state index in [-0.39, 0.29) is 0 Å². The van der Waals surface area contributed by atoms with E-state index in [0.29, 0.717) is 0 Å². The lowest BCUT2D eigenvalue weighted by atomic mass is 9.84. The quantitative estimate of drug-likeness (QED) is 0.164. The van der Waals surface area contributed by atoms with Crippen molar-refractivity contribution in [1.29, 1.82) is 0 Å². The van der Waals surface area contributed by atoms with E-state index < -0.39 is 0 Å². The lowest BCUT2D eigenvalue weighted by molar-refractivity contribution is 1.65. The Kier molecular flexibility index (Phi) is 6.09. The average Bonchev–Trinajstić information content (AvgIpc) is 3.75. The molecule has 0 aliphatic carbocycles. The molecule has 0 radical (unpaired) electrons. The minimum Gasteiger partial charge on any atom is -0.135 e. The maximum atomic E-state index is 2.46. The van der Waals surface area contributed by atoms with Crippen molar-refractivity contribution in [3.05, 3.63) is 170 Å². The van der Waals surface area contributed by atoms with Crippen LogP contribution in [-0.4, -0.2) is 0 Å². The summed E-state index contributed by atoms with van der Waals surface area (Å²) in [6.45, 7) is 0. The lowest BCUT2D eigenvalue weighted by Gasteiger charge is -2.19. The molecule has 9 aromatic carbocycles. The number of rotatable bonds is 3. The van der Waals surface area contributed by atoms with Crippen LogP contribution in [0.5, 0.6) is 0 Å². The Hall–Kier alpha value is -5.80. The third-order valence-electron chi connectivity index (χ3n) is 10.4. The van der Waals surface area contributed by atoms with Crippen LogP contribution >= 0.6 is 22.7 Å². The molecule has 0 aliphatic heterocycles. The van der Waals surface area contributed by atoms with Crippen LogP contribution in [0.4, 0.5) is 0 Å². The van der Waals surface area contributed by atoms with Gasteiger partial charge in [0.1, 0.15) is 0 Å². The van der Waals surface area contributed by atoms with Gasteiger partial charge in [0.2, 0.25) is 0 Å². The Bertz CT molecular complexity index is 3090. The highest BCUT2D eigenvalue weighted by Crippen LogP contribution is 2.50. The second kappa shape index (κ2) is 10.9. The summed E-state index contributed by atoms with van der Waals surface area (Å²) >= 11 is 3.83. The smallest absolute Gasteiger partial charge is 0.0441 e. The lowest BCUT2D eigenvalue weighted by Crippen LogP contribution is -1.92. The molecular weight excluding hydrogens is 641 g/mol. The fourth-order valence-corrected chi connectivity index (χ4v) is 10.7. The van der Waals surface area contributed by atoms with E-state index in [9.17, 15) is 0 Å². The second-order valence-electron chi connectivity index (χ2n) is 13.1. The highest BCUT2D eigenvalue weighted by Gasteiger charge is 2.21. The zero-order chi connectivity index (χ0) is 32.8. The van der Waals surface area contributed by atoms with Crippen LogP contribution in [0.1, 0.15) is 0 Å². The van der Waals surface area contributed by atoms with Crippen LogP contribution in [0.3, 0.4) is 0 Å². The molecule has 11 aromatic rings. The van der Waals surface area contributed by atoms with Crippen LogP contribution in [0.25, 0.3) is 106 Å². The van der Waals surface area contributed by atoms with Crippen molar-refractivity contribution in [3.8, 4) is 33.4 Å². The minimum atomic E-state index is 1.24. The summed E-state index contributed by atoms with van der Waals surface area (Å²) in [5.41, 5.74) is 7.67. The van der Waals surface area contributed by atoms with Crippen LogP contribution in [0.2, 0.25) is 0 Å². The molecule has 0 saturated carbocycles. The molecule has 0 atom stereocenters. The van der Waals surface area contributed by atoms with Crippen molar-refractivity contribution in [1.82, 2.24) is 0 Å². The summed E-state index contributed by atoms with van der Waals surface area (Å²) in [6, 6.07) is 63.0. The van der Waals surface area contributed by atoms with E-state index in [1.807, 2.05) is 22.7 Å². The minimum absolute atomic E-state index is 1.24. The van der Waals surface area contributed by atoms with Gasteiger partial charge in [0.15, 0.2) is 0 Å². The number of hydrogen-bond donors (Lipinski definition) is 0. The van der Waals surface area contributed by atoms with Crippen molar-refractivity contribution in [2.75, 3.05) is 0 Å². The molecule has 0 N–H and O–H groups in total. The maximum Gasteiger partial charge on any atom is 0.0441 e. The van der Waals surface area contributed by atoms with E-state index in [4.69, 9.17) is 0 Å². The molecule has 0 nitrogen and oxygen atoms in total.